The molecule has 0 aliphatic heterocycles. The number of aryl methyl sites for hydroxylation is 1. The first-order chi connectivity index (χ1) is 6.59. The zero-order chi connectivity index (χ0) is 10.6. The van der Waals surface area contributed by atoms with Crippen LogP contribution < -0.4 is 5.32 Å². The molecule has 14 heavy (non-hydrogen) atoms. The van der Waals surface area contributed by atoms with E-state index in [0.29, 0.717) is 6.54 Å². The van der Waals surface area contributed by atoms with Gasteiger partial charge in [0.15, 0.2) is 0 Å². The predicted molar refractivity (Wildman–Crippen MR) is 62.3 cm³/mol. The molecule has 0 spiro atoms. The number of benzene rings is 1. The van der Waals surface area contributed by atoms with Crippen molar-refractivity contribution in [2.75, 3.05) is 6.54 Å². The fourth-order valence-electron chi connectivity index (χ4n) is 1.24. The van der Waals surface area contributed by atoms with Crippen LogP contribution in [-0.4, -0.2) is 17.8 Å². The number of hydrogen-bond donors (Lipinski definition) is 2. The predicted octanol–water partition coefficient (Wildman–Crippen LogP) is 2.23. The Morgan fingerprint density at radius 2 is 2.21 bits per heavy atom. The molecule has 3 heteroatoms. The molecule has 0 radical (unpaired) electrons. The van der Waals surface area contributed by atoms with Crippen LogP contribution in [-0.2, 0) is 6.54 Å². The maximum absolute atomic E-state index is 9.06. The average molecular weight is 258 g/mol. The maximum atomic E-state index is 9.06. The van der Waals surface area contributed by atoms with E-state index in [9.17, 15) is 0 Å². The number of aliphatic hydroxyl groups excluding tert-OH is 1. The first-order valence-corrected chi connectivity index (χ1v) is 5.52. The fraction of sp³-hybridized carbons (Fsp3) is 0.455. The minimum absolute atomic E-state index is 0.286. The molecular weight excluding hydrogens is 242 g/mol. The highest BCUT2D eigenvalue weighted by Crippen LogP contribution is 2.16. The Kier molecular flexibility index (Phi) is 4.58. The quantitative estimate of drug-likeness (QED) is 0.868. The molecule has 0 aliphatic rings. The van der Waals surface area contributed by atoms with Gasteiger partial charge >= 0.3 is 0 Å². The second-order valence-corrected chi connectivity index (χ2v) is 4.42. The second-order valence-electron chi connectivity index (χ2n) is 3.56. The van der Waals surface area contributed by atoms with E-state index in [1.54, 1.807) is 6.92 Å². The smallest absolute Gasteiger partial charge is 0.0636 e. The van der Waals surface area contributed by atoms with E-state index >= 15 is 0 Å². The van der Waals surface area contributed by atoms with E-state index in [1.807, 2.05) is 0 Å². The Hall–Kier alpha value is -0.380. The van der Waals surface area contributed by atoms with Gasteiger partial charge in [0.1, 0.15) is 0 Å². The molecule has 1 aromatic carbocycles. The summed E-state index contributed by atoms with van der Waals surface area (Å²) in [7, 11) is 0. The summed E-state index contributed by atoms with van der Waals surface area (Å²) in [4.78, 5) is 0. The van der Waals surface area contributed by atoms with Gasteiger partial charge in [-0.15, -0.1) is 0 Å². The Balaban J connectivity index is 2.47. The van der Waals surface area contributed by atoms with Crippen LogP contribution in [0.4, 0.5) is 0 Å². The molecule has 2 N–H and O–H groups in total. The summed E-state index contributed by atoms with van der Waals surface area (Å²) in [6.45, 7) is 5.29. The van der Waals surface area contributed by atoms with Crippen LogP contribution >= 0.6 is 15.9 Å². The molecule has 1 rings (SSSR count). The molecule has 1 atom stereocenters. The lowest BCUT2D eigenvalue weighted by Gasteiger charge is -2.08. The van der Waals surface area contributed by atoms with E-state index in [4.69, 9.17) is 5.11 Å². The summed E-state index contributed by atoms with van der Waals surface area (Å²) in [5.74, 6) is 0. The number of hydrogen-bond acceptors (Lipinski definition) is 2. The van der Waals surface area contributed by atoms with E-state index in [-0.39, 0.29) is 6.10 Å². The summed E-state index contributed by atoms with van der Waals surface area (Å²) in [5, 5.41) is 12.2. The van der Waals surface area contributed by atoms with Crippen molar-refractivity contribution < 1.29 is 5.11 Å². The highest BCUT2D eigenvalue weighted by molar-refractivity contribution is 9.10. The van der Waals surface area contributed by atoms with Gasteiger partial charge in [0.05, 0.1) is 6.10 Å². The first-order valence-electron chi connectivity index (χ1n) is 4.73. The Morgan fingerprint density at radius 3 is 2.79 bits per heavy atom. The van der Waals surface area contributed by atoms with Crippen LogP contribution in [0.25, 0.3) is 0 Å². The van der Waals surface area contributed by atoms with E-state index in [2.05, 4.69) is 46.4 Å². The maximum Gasteiger partial charge on any atom is 0.0636 e. The molecule has 0 aliphatic carbocycles. The van der Waals surface area contributed by atoms with Crippen molar-refractivity contribution in [3.63, 3.8) is 0 Å². The lowest BCUT2D eigenvalue weighted by Crippen LogP contribution is -2.23. The summed E-state index contributed by atoms with van der Waals surface area (Å²) in [5.41, 5.74) is 2.48. The van der Waals surface area contributed by atoms with Crippen molar-refractivity contribution in [1.82, 2.24) is 5.32 Å². The van der Waals surface area contributed by atoms with Gasteiger partial charge in [0.2, 0.25) is 0 Å². The van der Waals surface area contributed by atoms with Gasteiger partial charge in [0, 0.05) is 17.6 Å². The average Bonchev–Trinajstić information content (AvgIpc) is 2.10. The highest BCUT2D eigenvalue weighted by atomic mass is 79.9. The third-order valence-corrected chi connectivity index (χ3v) is 2.88. The molecule has 0 amide bonds. The monoisotopic (exact) mass is 257 g/mol. The Bertz CT molecular complexity index is 299. The van der Waals surface area contributed by atoms with Crippen LogP contribution in [0.15, 0.2) is 22.7 Å². The van der Waals surface area contributed by atoms with Gasteiger partial charge in [-0.25, -0.2) is 0 Å². The minimum Gasteiger partial charge on any atom is -0.392 e. The van der Waals surface area contributed by atoms with Crippen LogP contribution in [0.3, 0.4) is 0 Å². The molecule has 0 fully saturated rings. The minimum atomic E-state index is -0.286. The molecule has 1 unspecified atom stereocenters. The van der Waals surface area contributed by atoms with Crippen LogP contribution in [0.1, 0.15) is 18.1 Å². The van der Waals surface area contributed by atoms with Crippen molar-refractivity contribution in [2.45, 2.75) is 26.5 Å². The van der Waals surface area contributed by atoms with E-state index in [0.717, 1.165) is 11.0 Å². The highest BCUT2D eigenvalue weighted by Gasteiger charge is 1.98. The van der Waals surface area contributed by atoms with Crippen LogP contribution in [0.2, 0.25) is 0 Å². The molecule has 2 nitrogen and oxygen atoms in total. The van der Waals surface area contributed by atoms with E-state index in [1.165, 1.54) is 11.1 Å². The molecule has 0 bridgehead atoms. The molecule has 0 saturated heterocycles. The molecule has 0 saturated carbocycles. The van der Waals surface area contributed by atoms with Crippen molar-refractivity contribution in [1.29, 1.82) is 0 Å². The normalized spacial score (nSPS) is 12.9. The van der Waals surface area contributed by atoms with Crippen molar-refractivity contribution in [3.05, 3.63) is 33.8 Å². The van der Waals surface area contributed by atoms with Gasteiger partial charge in [-0.3, -0.25) is 0 Å². The first kappa shape index (κ1) is 11.7. The third-order valence-electron chi connectivity index (χ3n) is 1.99. The number of aliphatic hydroxyl groups is 1. The van der Waals surface area contributed by atoms with Gasteiger partial charge in [0.25, 0.3) is 0 Å². The fourth-order valence-corrected chi connectivity index (χ4v) is 1.49. The van der Waals surface area contributed by atoms with Gasteiger partial charge in [-0.1, -0.05) is 28.1 Å². The molecule has 1 aromatic rings. The van der Waals surface area contributed by atoms with Gasteiger partial charge < -0.3 is 10.4 Å². The largest absolute Gasteiger partial charge is 0.392 e. The van der Waals surface area contributed by atoms with Crippen molar-refractivity contribution in [2.24, 2.45) is 0 Å². The molecule has 78 valence electrons. The summed E-state index contributed by atoms with van der Waals surface area (Å²) >= 11 is 3.46. The third kappa shape index (κ3) is 3.78. The number of halogens is 1. The van der Waals surface area contributed by atoms with Crippen LogP contribution in [0.5, 0.6) is 0 Å². The zero-order valence-electron chi connectivity index (χ0n) is 8.55. The van der Waals surface area contributed by atoms with Crippen molar-refractivity contribution in [3.8, 4) is 0 Å². The number of nitrogens with one attached hydrogen (secondary N) is 1. The zero-order valence-corrected chi connectivity index (χ0v) is 10.1. The van der Waals surface area contributed by atoms with Crippen LogP contribution in [0, 0.1) is 6.92 Å². The van der Waals surface area contributed by atoms with Crippen molar-refractivity contribution >= 4 is 15.9 Å². The SMILES string of the molecule is Cc1cc(CNCC(C)O)ccc1Br. The molecular formula is C11H16BrNO. The summed E-state index contributed by atoms with van der Waals surface area (Å²) in [6, 6.07) is 6.26. The Morgan fingerprint density at radius 1 is 1.50 bits per heavy atom. The number of rotatable bonds is 4. The lowest BCUT2D eigenvalue weighted by molar-refractivity contribution is 0.191. The van der Waals surface area contributed by atoms with E-state index < -0.39 is 0 Å². The lowest BCUT2D eigenvalue weighted by atomic mass is 10.1. The van der Waals surface area contributed by atoms with Gasteiger partial charge in [-0.05, 0) is 31.0 Å². The Labute approximate surface area is 93.5 Å². The van der Waals surface area contributed by atoms with Gasteiger partial charge in [-0.2, -0.15) is 0 Å². The summed E-state index contributed by atoms with van der Waals surface area (Å²) in [6.07, 6.45) is -0.286. The second kappa shape index (κ2) is 5.49. The molecule has 0 heterocycles. The topological polar surface area (TPSA) is 32.3 Å². The standard InChI is InChI=1S/C11H16BrNO/c1-8-5-10(3-4-11(8)12)7-13-6-9(2)14/h3-5,9,13-14H,6-7H2,1-2H3. The molecule has 0 aromatic heterocycles. The summed E-state index contributed by atoms with van der Waals surface area (Å²) < 4.78 is 1.14.